The van der Waals surface area contributed by atoms with Gasteiger partial charge < -0.3 is 5.41 Å². The highest BCUT2D eigenvalue weighted by Crippen LogP contribution is 2.15. The van der Waals surface area contributed by atoms with Crippen LogP contribution in [-0.4, -0.2) is 11.9 Å². The molecule has 1 N–H and O–H groups in total. The molecule has 0 heterocycles. The van der Waals surface area contributed by atoms with Crippen LogP contribution in [0.3, 0.4) is 0 Å². The number of hydrogen-bond acceptors (Lipinski definition) is 2. The van der Waals surface area contributed by atoms with E-state index in [-0.39, 0.29) is 0 Å². The van der Waals surface area contributed by atoms with Gasteiger partial charge in [0.15, 0.2) is 0 Å². The third-order valence-electron chi connectivity index (χ3n) is 2.26. The van der Waals surface area contributed by atoms with E-state index in [0.29, 0.717) is 5.71 Å². The molecule has 0 aromatic heterocycles. The topological polar surface area (TPSA) is 36.2 Å². The van der Waals surface area contributed by atoms with Gasteiger partial charge in [-0.05, 0) is 42.7 Å². The first kappa shape index (κ1) is 13.8. The molecule has 1 aliphatic rings. The van der Waals surface area contributed by atoms with Crippen LogP contribution in [0.2, 0.25) is 0 Å². The second kappa shape index (κ2) is 6.50. The number of nitrogens with one attached hydrogen (secondary N) is 1. The number of rotatable bonds is 4. The normalized spacial score (nSPS) is 18.3. The molecule has 0 fully saturated rings. The molecule has 0 atom stereocenters. The Balaban J connectivity index is 2.94. The van der Waals surface area contributed by atoms with Gasteiger partial charge in [0.1, 0.15) is 0 Å². The molecular weight excluding hydrogens is 220 g/mol. The molecule has 1 aliphatic carbocycles. The third-order valence-corrected chi connectivity index (χ3v) is 2.26. The van der Waals surface area contributed by atoms with Gasteiger partial charge in [-0.1, -0.05) is 37.5 Å². The predicted molar refractivity (Wildman–Crippen MR) is 80.3 cm³/mol. The van der Waals surface area contributed by atoms with Gasteiger partial charge >= 0.3 is 0 Å². The summed E-state index contributed by atoms with van der Waals surface area (Å²) in [5.74, 6) is 0. The molecule has 0 radical (unpaired) electrons. The highest BCUT2D eigenvalue weighted by atomic mass is 14.7. The maximum Gasteiger partial charge on any atom is 0.0612 e. The number of hydrogen-bond donors (Lipinski definition) is 1. The minimum Gasteiger partial charge on any atom is -0.300 e. The van der Waals surface area contributed by atoms with Gasteiger partial charge in [0.2, 0.25) is 0 Å². The quantitative estimate of drug-likeness (QED) is 0.714. The molecule has 1 rings (SSSR count). The van der Waals surface area contributed by atoms with Crippen molar-refractivity contribution < 1.29 is 0 Å². The van der Waals surface area contributed by atoms with Crippen molar-refractivity contribution in [3.63, 3.8) is 0 Å². The summed E-state index contributed by atoms with van der Waals surface area (Å²) in [4.78, 5) is 4.15. The Bertz CT molecular complexity index is 523. The fourth-order valence-corrected chi connectivity index (χ4v) is 1.45. The fraction of sp³-hybridized carbons (Fsp3) is 0.125. The van der Waals surface area contributed by atoms with Crippen molar-refractivity contribution in [3.05, 3.63) is 72.0 Å². The highest BCUT2D eigenvalue weighted by Gasteiger charge is 2.04. The van der Waals surface area contributed by atoms with Crippen molar-refractivity contribution in [1.29, 1.82) is 5.41 Å². The molecule has 0 aliphatic heterocycles. The van der Waals surface area contributed by atoms with Crippen LogP contribution >= 0.6 is 0 Å². The lowest BCUT2D eigenvalue weighted by Crippen LogP contribution is -2.00. The van der Waals surface area contributed by atoms with Crippen LogP contribution in [0.15, 0.2) is 77.0 Å². The van der Waals surface area contributed by atoms with Gasteiger partial charge in [-0.25, -0.2) is 0 Å². The molecule has 0 saturated heterocycles. The SMILES string of the molecule is C=C/C=C1C=C(/C=C(\C)C=NC(=C)C)C=CC/1=N. The summed E-state index contributed by atoms with van der Waals surface area (Å²) >= 11 is 0. The monoisotopic (exact) mass is 238 g/mol. The Hall–Kier alpha value is -2.22. The summed E-state index contributed by atoms with van der Waals surface area (Å²) in [5, 5.41) is 7.75. The molecule has 92 valence electrons. The number of nitrogens with zero attached hydrogens (tertiary/aromatic N) is 1. The van der Waals surface area contributed by atoms with Gasteiger partial charge in [0, 0.05) is 11.9 Å². The minimum atomic E-state index is 0.500. The fourth-order valence-electron chi connectivity index (χ4n) is 1.45. The van der Waals surface area contributed by atoms with E-state index >= 15 is 0 Å². The Labute approximate surface area is 109 Å². The lowest BCUT2D eigenvalue weighted by atomic mass is 9.98. The summed E-state index contributed by atoms with van der Waals surface area (Å²) < 4.78 is 0. The van der Waals surface area contributed by atoms with Crippen LogP contribution in [0.25, 0.3) is 0 Å². The van der Waals surface area contributed by atoms with Gasteiger partial charge in [-0.15, -0.1) is 0 Å². The minimum absolute atomic E-state index is 0.500. The van der Waals surface area contributed by atoms with Crippen molar-refractivity contribution in [2.45, 2.75) is 13.8 Å². The largest absolute Gasteiger partial charge is 0.300 e. The summed E-state index contributed by atoms with van der Waals surface area (Å²) in [6.07, 6.45) is 13.0. The second-order valence-electron chi connectivity index (χ2n) is 4.13. The number of aliphatic imine (C=N–C) groups is 1. The summed E-state index contributed by atoms with van der Waals surface area (Å²) in [6.45, 7) is 11.2. The molecule has 0 bridgehead atoms. The molecule has 0 aromatic rings. The lowest BCUT2D eigenvalue weighted by Gasteiger charge is -2.07. The van der Waals surface area contributed by atoms with Crippen LogP contribution in [-0.2, 0) is 0 Å². The maximum absolute atomic E-state index is 7.75. The van der Waals surface area contributed by atoms with Crippen LogP contribution in [0.1, 0.15) is 13.8 Å². The van der Waals surface area contributed by atoms with E-state index in [4.69, 9.17) is 5.41 Å². The average Bonchev–Trinajstić information content (AvgIpc) is 2.31. The molecule has 0 unspecified atom stereocenters. The first-order valence-corrected chi connectivity index (χ1v) is 5.72. The van der Waals surface area contributed by atoms with Crippen LogP contribution in [0.4, 0.5) is 0 Å². The molecular formula is C16H18N2. The number of allylic oxidation sites excluding steroid dienone is 10. The zero-order chi connectivity index (χ0) is 13.5. The summed E-state index contributed by atoms with van der Waals surface area (Å²) in [7, 11) is 0. The Morgan fingerprint density at radius 2 is 2.06 bits per heavy atom. The average molecular weight is 238 g/mol. The van der Waals surface area contributed by atoms with Crippen molar-refractivity contribution in [1.82, 2.24) is 0 Å². The zero-order valence-electron chi connectivity index (χ0n) is 10.9. The summed E-state index contributed by atoms with van der Waals surface area (Å²) in [5.41, 5.74) is 4.23. The Morgan fingerprint density at radius 1 is 1.33 bits per heavy atom. The molecule has 0 spiro atoms. The van der Waals surface area contributed by atoms with Gasteiger partial charge in [0.05, 0.1) is 5.71 Å². The first-order valence-electron chi connectivity index (χ1n) is 5.72. The molecule has 0 amide bonds. The van der Waals surface area contributed by atoms with E-state index in [1.807, 2.05) is 38.2 Å². The first-order chi connectivity index (χ1) is 8.52. The predicted octanol–water partition coefficient (Wildman–Crippen LogP) is 4.17. The molecule has 0 aromatic carbocycles. The van der Waals surface area contributed by atoms with E-state index in [1.165, 1.54) is 0 Å². The van der Waals surface area contributed by atoms with E-state index in [1.54, 1.807) is 18.4 Å². The van der Waals surface area contributed by atoms with Crippen molar-refractivity contribution in [2.75, 3.05) is 0 Å². The van der Waals surface area contributed by atoms with E-state index < -0.39 is 0 Å². The van der Waals surface area contributed by atoms with Gasteiger partial charge in [-0.2, -0.15) is 0 Å². The maximum atomic E-state index is 7.75. The molecule has 18 heavy (non-hydrogen) atoms. The lowest BCUT2D eigenvalue weighted by molar-refractivity contribution is 1.33. The van der Waals surface area contributed by atoms with Gasteiger partial charge in [0.25, 0.3) is 0 Å². The molecule has 0 saturated carbocycles. The van der Waals surface area contributed by atoms with E-state index in [0.717, 1.165) is 22.4 Å². The molecule has 2 nitrogen and oxygen atoms in total. The van der Waals surface area contributed by atoms with Crippen LogP contribution in [0.5, 0.6) is 0 Å². The van der Waals surface area contributed by atoms with Gasteiger partial charge in [-0.3, -0.25) is 4.99 Å². The summed E-state index contributed by atoms with van der Waals surface area (Å²) in [6, 6.07) is 0. The van der Waals surface area contributed by atoms with Crippen LogP contribution < -0.4 is 0 Å². The smallest absolute Gasteiger partial charge is 0.0612 e. The van der Waals surface area contributed by atoms with E-state index in [2.05, 4.69) is 18.2 Å². The zero-order valence-corrected chi connectivity index (χ0v) is 10.9. The Kier molecular flexibility index (Phi) is 5.00. The van der Waals surface area contributed by atoms with Crippen molar-refractivity contribution in [3.8, 4) is 0 Å². The molecule has 2 heteroatoms. The second-order valence-corrected chi connectivity index (χ2v) is 4.13. The van der Waals surface area contributed by atoms with Crippen molar-refractivity contribution in [2.24, 2.45) is 4.99 Å². The standard InChI is InChI=1S/C16H18N2/c1-5-6-15-10-14(7-8-16(15)17)9-13(4)11-18-12(2)3/h5-11,17H,1-2H2,3-4H3/b13-9+,15-6-,17-16?,18-11?. The Morgan fingerprint density at radius 3 is 2.67 bits per heavy atom. The highest BCUT2D eigenvalue weighted by molar-refractivity contribution is 6.10. The van der Waals surface area contributed by atoms with Crippen molar-refractivity contribution >= 4 is 11.9 Å². The van der Waals surface area contributed by atoms with Crippen LogP contribution in [0, 0.1) is 5.41 Å². The van der Waals surface area contributed by atoms with E-state index in [9.17, 15) is 0 Å². The third kappa shape index (κ3) is 4.34.